The number of nitrogens with zero attached hydrogens (tertiary/aromatic N) is 2. The summed E-state index contributed by atoms with van der Waals surface area (Å²) in [7, 11) is 0. The summed E-state index contributed by atoms with van der Waals surface area (Å²) < 4.78 is 0. The van der Waals surface area contributed by atoms with E-state index in [2.05, 4.69) is 33.7 Å². The van der Waals surface area contributed by atoms with Crippen LogP contribution in [0.1, 0.15) is 40.4 Å². The number of carbonyl (C=O) groups is 2. The summed E-state index contributed by atoms with van der Waals surface area (Å²) in [6, 6.07) is 26.6. The van der Waals surface area contributed by atoms with Gasteiger partial charge in [0, 0.05) is 17.1 Å². The van der Waals surface area contributed by atoms with E-state index in [0.29, 0.717) is 23.4 Å². The SMILES string of the molecule is N#Cc1cccc(NC(=O)CSc2ccccc2C(=O)NCC(c2ccccc2)N2CCCC2)c1. The quantitative estimate of drug-likeness (QED) is 0.424. The fourth-order valence-corrected chi connectivity index (χ4v) is 5.11. The van der Waals surface area contributed by atoms with Gasteiger partial charge in [-0.15, -0.1) is 11.8 Å². The number of rotatable bonds is 9. The Morgan fingerprint density at radius 2 is 1.71 bits per heavy atom. The van der Waals surface area contributed by atoms with E-state index in [9.17, 15) is 9.59 Å². The zero-order valence-corrected chi connectivity index (χ0v) is 20.3. The first-order chi connectivity index (χ1) is 17.1. The molecule has 0 aliphatic carbocycles. The van der Waals surface area contributed by atoms with Gasteiger partial charge in [0.15, 0.2) is 0 Å². The second kappa shape index (κ2) is 12.2. The van der Waals surface area contributed by atoms with E-state index >= 15 is 0 Å². The van der Waals surface area contributed by atoms with Gasteiger partial charge in [-0.25, -0.2) is 0 Å². The van der Waals surface area contributed by atoms with Crippen LogP contribution >= 0.6 is 11.8 Å². The van der Waals surface area contributed by atoms with Crippen LogP contribution in [0.4, 0.5) is 5.69 Å². The number of hydrogen-bond acceptors (Lipinski definition) is 5. The molecule has 2 amide bonds. The maximum atomic E-state index is 13.1. The van der Waals surface area contributed by atoms with Gasteiger partial charge in [0.2, 0.25) is 5.91 Å². The van der Waals surface area contributed by atoms with Gasteiger partial charge in [-0.1, -0.05) is 48.5 Å². The normalized spacial score (nSPS) is 14.1. The van der Waals surface area contributed by atoms with Gasteiger partial charge in [0.1, 0.15) is 0 Å². The molecule has 1 unspecified atom stereocenters. The first kappa shape index (κ1) is 24.5. The van der Waals surface area contributed by atoms with E-state index in [1.54, 1.807) is 30.3 Å². The summed E-state index contributed by atoms with van der Waals surface area (Å²) >= 11 is 1.32. The molecule has 0 spiro atoms. The maximum Gasteiger partial charge on any atom is 0.252 e. The van der Waals surface area contributed by atoms with Crippen molar-refractivity contribution in [2.24, 2.45) is 0 Å². The van der Waals surface area contributed by atoms with Gasteiger partial charge in [0.25, 0.3) is 5.91 Å². The van der Waals surface area contributed by atoms with Crippen molar-refractivity contribution in [3.63, 3.8) is 0 Å². The average molecular weight is 485 g/mol. The first-order valence-corrected chi connectivity index (χ1v) is 12.7. The molecule has 6 nitrogen and oxygen atoms in total. The highest BCUT2D eigenvalue weighted by Gasteiger charge is 2.24. The summed E-state index contributed by atoms with van der Waals surface area (Å²) in [6.45, 7) is 2.60. The predicted molar refractivity (Wildman–Crippen MR) is 139 cm³/mol. The number of amides is 2. The van der Waals surface area contributed by atoms with Gasteiger partial charge >= 0.3 is 0 Å². The minimum Gasteiger partial charge on any atom is -0.350 e. The fourth-order valence-electron chi connectivity index (χ4n) is 4.26. The van der Waals surface area contributed by atoms with Crippen LogP contribution in [0.15, 0.2) is 83.8 Å². The monoisotopic (exact) mass is 484 g/mol. The van der Waals surface area contributed by atoms with E-state index in [0.717, 1.165) is 18.0 Å². The summed E-state index contributed by atoms with van der Waals surface area (Å²) in [4.78, 5) is 28.8. The van der Waals surface area contributed by atoms with Crippen LogP contribution < -0.4 is 10.6 Å². The second-order valence-electron chi connectivity index (χ2n) is 8.41. The van der Waals surface area contributed by atoms with Crippen LogP contribution in [0.25, 0.3) is 0 Å². The van der Waals surface area contributed by atoms with Crippen LogP contribution in [0.3, 0.4) is 0 Å². The molecule has 1 aliphatic heterocycles. The Bertz CT molecular complexity index is 1200. The van der Waals surface area contributed by atoms with E-state index in [1.807, 2.05) is 36.4 Å². The molecule has 1 fully saturated rings. The Kier molecular flexibility index (Phi) is 8.55. The van der Waals surface area contributed by atoms with Crippen molar-refractivity contribution in [1.29, 1.82) is 5.26 Å². The molecule has 3 aromatic carbocycles. The molecule has 0 radical (unpaired) electrons. The van der Waals surface area contributed by atoms with E-state index < -0.39 is 0 Å². The summed E-state index contributed by atoms with van der Waals surface area (Å²) in [5.74, 6) is -0.185. The van der Waals surface area contributed by atoms with Crippen LogP contribution in [0.2, 0.25) is 0 Å². The number of hydrogen-bond donors (Lipinski definition) is 2. The fraction of sp³-hybridized carbons (Fsp3) is 0.250. The number of benzene rings is 3. The number of nitriles is 1. The van der Waals surface area contributed by atoms with Gasteiger partial charge in [0.05, 0.1) is 29.0 Å². The molecular weight excluding hydrogens is 456 g/mol. The Labute approximate surface area is 210 Å². The van der Waals surface area contributed by atoms with Gasteiger partial charge in [-0.3, -0.25) is 14.5 Å². The van der Waals surface area contributed by atoms with E-state index in [-0.39, 0.29) is 23.6 Å². The molecule has 4 rings (SSSR count). The molecule has 1 atom stereocenters. The van der Waals surface area contributed by atoms with Gasteiger partial charge in [-0.2, -0.15) is 5.26 Å². The largest absolute Gasteiger partial charge is 0.350 e. The Morgan fingerprint density at radius 1 is 0.971 bits per heavy atom. The van der Waals surface area contributed by atoms with Crippen molar-refractivity contribution in [2.75, 3.05) is 30.7 Å². The highest BCUT2D eigenvalue weighted by Crippen LogP contribution is 2.26. The number of anilines is 1. The van der Waals surface area contributed by atoms with E-state index in [1.165, 1.54) is 30.2 Å². The molecular formula is C28H28N4O2S. The lowest BCUT2D eigenvalue weighted by molar-refractivity contribution is -0.113. The topological polar surface area (TPSA) is 85.2 Å². The maximum absolute atomic E-state index is 13.1. The molecule has 0 bridgehead atoms. The molecule has 178 valence electrons. The lowest BCUT2D eigenvalue weighted by Crippen LogP contribution is -2.37. The number of carbonyl (C=O) groups excluding carboxylic acids is 2. The molecule has 0 aromatic heterocycles. The van der Waals surface area contributed by atoms with Crippen molar-refractivity contribution < 1.29 is 9.59 Å². The Hall–Kier alpha value is -3.60. The lowest BCUT2D eigenvalue weighted by Gasteiger charge is -2.28. The third-order valence-electron chi connectivity index (χ3n) is 5.99. The average Bonchev–Trinajstić information content (AvgIpc) is 3.43. The number of thioether (sulfide) groups is 1. The highest BCUT2D eigenvalue weighted by molar-refractivity contribution is 8.00. The molecule has 2 N–H and O–H groups in total. The second-order valence-corrected chi connectivity index (χ2v) is 9.42. The minimum atomic E-state index is -0.196. The molecule has 1 saturated heterocycles. The van der Waals surface area contributed by atoms with E-state index in [4.69, 9.17) is 5.26 Å². The summed E-state index contributed by atoms with van der Waals surface area (Å²) in [5, 5.41) is 15.0. The number of nitrogens with one attached hydrogen (secondary N) is 2. The summed E-state index contributed by atoms with van der Waals surface area (Å²) in [5.41, 5.74) is 2.83. The smallest absolute Gasteiger partial charge is 0.252 e. The minimum absolute atomic E-state index is 0.136. The van der Waals surface area contributed by atoms with Crippen LogP contribution in [-0.4, -0.2) is 42.1 Å². The molecule has 0 saturated carbocycles. The van der Waals surface area contributed by atoms with Gasteiger partial charge in [-0.05, 0) is 61.8 Å². The molecule has 7 heteroatoms. The van der Waals surface area contributed by atoms with Crippen LogP contribution in [0.5, 0.6) is 0 Å². The third-order valence-corrected chi connectivity index (χ3v) is 7.06. The third kappa shape index (κ3) is 6.72. The highest BCUT2D eigenvalue weighted by atomic mass is 32.2. The predicted octanol–water partition coefficient (Wildman–Crippen LogP) is 4.86. The number of likely N-dealkylation sites (tertiary alicyclic amines) is 1. The Balaban J connectivity index is 1.38. The molecule has 1 aliphatic rings. The summed E-state index contributed by atoms with van der Waals surface area (Å²) in [6.07, 6.45) is 2.36. The van der Waals surface area contributed by atoms with Crippen molar-refractivity contribution >= 4 is 29.3 Å². The first-order valence-electron chi connectivity index (χ1n) is 11.7. The zero-order valence-electron chi connectivity index (χ0n) is 19.4. The zero-order chi connectivity index (χ0) is 24.5. The molecule has 35 heavy (non-hydrogen) atoms. The van der Waals surface area contributed by atoms with Crippen molar-refractivity contribution in [3.8, 4) is 6.07 Å². The standard InChI is InChI=1S/C28H28N4O2S/c29-18-21-9-8-12-23(17-21)31-27(33)20-35-26-14-5-4-13-24(26)28(34)30-19-25(32-15-6-7-16-32)22-10-2-1-3-11-22/h1-5,8-14,17,25H,6-7,15-16,19-20H2,(H,30,34)(H,31,33). The van der Waals surface area contributed by atoms with Crippen molar-refractivity contribution in [1.82, 2.24) is 10.2 Å². The molecule has 1 heterocycles. The molecule has 3 aromatic rings. The van der Waals surface area contributed by atoms with Crippen molar-refractivity contribution in [3.05, 3.63) is 95.6 Å². The van der Waals surface area contributed by atoms with Crippen LogP contribution in [-0.2, 0) is 4.79 Å². The lowest BCUT2D eigenvalue weighted by atomic mass is 10.1. The van der Waals surface area contributed by atoms with Gasteiger partial charge < -0.3 is 10.6 Å². The van der Waals surface area contributed by atoms with Crippen molar-refractivity contribution in [2.45, 2.75) is 23.8 Å². The van der Waals surface area contributed by atoms with Crippen LogP contribution in [0, 0.1) is 11.3 Å². The Morgan fingerprint density at radius 3 is 2.49 bits per heavy atom.